The molecular formula is C26H29N3O7S. The Morgan fingerprint density at radius 1 is 0.892 bits per heavy atom. The van der Waals surface area contributed by atoms with Gasteiger partial charge in [0.25, 0.3) is 15.9 Å². The summed E-state index contributed by atoms with van der Waals surface area (Å²) in [5.74, 6) is 0.888. The van der Waals surface area contributed by atoms with Crippen LogP contribution in [0.3, 0.4) is 0 Å². The zero-order chi connectivity index (χ0) is 27.0. The Hall–Kier alpha value is -4.25. The molecule has 0 atom stereocenters. The fourth-order valence-electron chi connectivity index (χ4n) is 3.49. The van der Waals surface area contributed by atoms with Crippen LogP contribution in [-0.4, -0.2) is 55.5 Å². The van der Waals surface area contributed by atoms with Gasteiger partial charge in [0.05, 0.1) is 45.2 Å². The predicted molar refractivity (Wildman–Crippen MR) is 141 cm³/mol. The minimum Gasteiger partial charge on any atom is -0.495 e. The first kappa shape index (κ1) is 27.3. The lowest BCUT2D eigenvalue weighted by Gasteiger charge is -2.25. The SMILES string of the molecule is COc1ccccc1N(CC(=O)N/N=C\c1cc(OC)c(OC)c(OC)c1)S(=O)(=O)c1ccc(C)cc1. The smallest absolute Gasteiger partial charge is 0.264 e. The summed E-state index contributed by atoms with van der Waals surface area (Å²) in [4.78, 5) is 12.9. The number of hydrazone groups is 1. The van der Waals surface area contributed by atoms with E-state index in [-0.39, 0.29) is 10.6 Å². The van der Waals surface area contributed by atoms with Gasteiger partial charge in [0.2, 0.25) is 5.75 Å². The third-order valence-corrected chi connectivity index (χ3v) is 7.11. The normalized spacial score (nSPS) is 11.2. The van der Waals surface area contributed by atoms with Crippen LogP contribution < -0.4 is 28.7 Å². The van der Waals surface area contributed by atoms with Gasteiger partial charge in [0.15, 0.2) is 11.5 Å². The minimum atomic E-state index is -4.11. The van der Waals surface area contributed by atoms with Crippen molar-refractivity contribution >= 4 is 27.8 Å². The number of benzene rings is 3. The van der Waals surface area contributed by atoms with Gasteiger partial charge in [-0.3, -0.25) is 9.10 Å². The molecule has 3 rings (SSSR count). The van der Waals surface area contributed by atoms with E-state index in [0.717, 1.165) is 9.87 Å². The lowest BCUT2D eigenvalue weighted by molar-refractivity contribution is -0.119. The van der Waals surface area contributed by atoms with Crippen LogP contribution >= 0.6 is 0 Å². The molecule has 0 bridgehead atoms. The first-order valence-electron chi connectivity index (χ1n) is 11.1. The van der Waals surface area contributed by atoms with E-state index < -0.39 is 22.5 Å². The topological polar surface area (TPSA) is 116 Å². The number of para-hydroxylation sites is 2. The van der Waals surface area contributed by atoms with Crippen LogP contribution in [0.1, 0.15) is 11.1 Å². The van der Waals surface area contributed by atoms with Crippen LogP contribution in [0.25, 0.3) is 0 Å². The Morgan fingerprint density at radius 3 is 2.05 bits per heavy atom. The van der Waals surface area contributed by atoms with Crippen molar-refractivity contribution in [2.24, 2.45) is 5.10 Å². The second-order valence-electron chi connectivity index (χ2n) is 7.75. The van der Waals surface area contributed by atoms with Crippen LogP contribution in [0.15, 0.2) is 70.7 Å². The lowest BCUT2D eigenvalue weighted by atomic mass is 10.2. The molecule has 0 fully saturated rings. The van der Waals surface area contributed by atoms with Crippen LogP contribution in [-0.2, 0) is 14.8 Å². The summed E-state index contributed by atoms with van der Waals surface area (Å²) < 4.78 is 49.4. The number of sulfonamides is 1. The number of ether oxygens (including phenoxy) is 4. The Bertz CT molecular complexity index is 1350. The number of rotatable bonds is 11. The van der Waals surface area contributed by atoms with Gasteiger partial charge < -0.3 is 18.9 Å². The third-order valence-electron chi connectivity index (χ3n) is 5.34. The highest BCUT2D eigenvalue weighted by Crippen LogP contribution is 2.37. The molecule has 0 saturated heterocycles. The summed E-state index contributed by atoms with van der Waals surface area (Å²) in [6, 6.07) is 16.2. The van der Waals surface area contributed by atoms with Crippen molar-refractivity contribution in [1.29, 1.82) is 0 Å². The van der Waals surface area contributed by atoms with E-state index in [4.69, 9.17) is 18.9 Å². The lowest BCUT2D eigenvalue weighted by Crippen LogP contribution is -2.39. The molecule has 3 aromatic carbocycles. The van der Waals surface area contributed by atoms with E-state index >= 15 is 0 Å². The molecule has 0 heterocycles. The van der Waals surface area contributed by atoms with Gasteiger partial charge in [0, 0.05) is 5.56 Å². The first-order chi connectivity index (χ1) is 17.7. The van der Waals surface area contributed by atoms with Gasteiger partial charge in [-0.25, -0.2) is 13.8 Å². The average molecular weight is 528 g/mol. The summed E-state index contributed by atoms with van der Waals surface area (Å²) in [5.41, 5.74) is 4.06. The fourth-order valence-corrected chi connectivity index (χ4v) is 4.92. The van der Waals surface area contributed by atoms with Crippen molar-refractivity contribution in [3.8, 4) is 23.0 Å². The summed E-state index contributed by atoms with van der Waals surface area (Å²) in [7, 11) is 1.79. The predicted octanol–water partition coefficient (Wildman–Crippen LogP) is 3.38. The second-order valence-corrected chi connectivity index (χ2v) is 9.61. The molecule has 0 aliphatic rings. The zero-order valence-corrected chi connectivity index (χ0v) is 22.0. The van der Waals surface area contributed by atoms with E-state index in [1.807, 2.05) is 6.92 Å². The Kier molecular flexibility index (Phi) is 8.96. The van der Waals surface area contributed by atoms with Crippen LogP contribution in [0.5, 0.6) is 23.0 Å². The Balaban J connectivity index is 1.88. The highest BCUT2D eigenvalue weighted by atomic mass is 32.2. The molecule has 0 aliphatic heterocycles. The Morgan fingerprint density at radius 2 is 1.49 bits per heavy atom. The number of amides is 1. The maximum Gasteiger partial charge on any atom is 0.264 e. The molecule has 0 saturated carbocycles. The molecular weight excluding hydrogens is 498 g/mol. The van der Waals surface area contributed by atoms with E-state index in [9.17, 15) is 13.2 Å². The van der Waals surface area contributed by atoms with Crippen molar-refractivity contribution in [3.05, 3.63) is 71.8 Å². The molecule has 10 nitrogen and oxygen atoms in total. The van der Waals surface area contributed by atoms with Crippen molar-refractivity contribution in [2.45, 2.75) is 11.8 Å². The van der Waals surface area contributed by atoms with Gasteiger partial charge in [0.1, 0.15) is 12.3 Å². The maximum absolute atomic E-state index is 13.6. The van der Waals surface area contributed by atoms with Gasteiger partial charge >= 0.3 is 0 Å². The van der Waals surface area contributed by atoms with Gasteiger partial charge in [-0.2, -0.15) is 5.10 Å². The standard InChI is InChI=1S/C26H29N3O7S/c1-18-10-12-20(13-11-18)37(31,32)29(21-8-6-7-9-22(21)33-2)17-25(30)28-27-16-19-14-23(34-3)26(36-5)24(15-19)35-4/h6-16H,17H2,1-5H3,(H,28,30)/b27-16-. The molecule has 3 aromatic rings. The summed E-state index contributed by atoms with van der Waals surface area (Å²) in [6.45, 7) is 1.32. The maximum atomic E-state index is 13.6. The number of nitrogens with one attached hydrogen (secondary N) is 1. The van der Waals surface area contributed by atoms with E-state index in [2.05, 4.69) is 10.5 Å². The van der Waals surface area contributed by atoms with E-state index in [0.29, 0.717) is 28.6 Å². The summed E-state index contributed by atoms with van der Waals surface area (Å²) >= 11 is 0. The number of carbonyl (C=O) groups is 1. The number of anilines is 1. The highest BCUT2D eigenvalue weighted by Gasteiger charge is 2.29. The van der Waals surface area contributed by atoms with Gasteiger partial charge in [-0.15, -0.1) is 0 Å². The first-order valence-corrected chi connectivity index (χ1v) is 12.5. The fraction of sp³-hybridized carbons (Fsp3) is 0.231. The van der Waals surface area contributed by atoms with Crippen LogP contribution in [0.2, 0.25) is 0 Å². The minimum absolute atomic E-state index is 0.0396. The van der Waals surface area contributed by atoms with Crippen LogP contribution in [0, 0.1) is 6.92 Å². The molecule has 1 N–H and O–H groups in total. The molecule has 37 heavy (non-hydrogen) atoms. The quantitative estimate of drug-likeness (QED) is 0.300. The van der Waals surface area contributed by atoms with Crippen molar-refractivity contribution in [1.82, 2.24) is 5.43 Å². The largest absolute Gasteiger partial charge is 0.495 e. The number of carbonyl (C=O) groups excluding carboxylic acids is 1. The molecule has 1 amide bonds. The van der Waals surface area contributed by atoms with Gasteiger partial charge in [-0.1, -0.05) is 29.8 Å². The molecule has 0 aliphatic carbocycles. The van der Waals surface area contributed by atoms with E-state index in [1.54, 1.807) is 48.5 Å². The number of nitrogens with zero attached hydrogens (tertiary/aromatic N) is 2. The van der Waals surface area contributed by atoms with Gasteiger partial charge in [-0.05, 0) is 43.3 Å². The molecule has 0 aromatic heterocycles. The summed E-state index contributed by atoms with van der Waals surface area (Å²) in [6.07, 6.45) is 1.38. The zero-order valence-electron chi connectivity index (χ0n) is 21.2. The summed E-state index contributed by atoms with van der Waals surface area (Å²) in [5, 5.41) is 3.97. The molecule has 0 spiro atoms. The number of aryl methyl sites for hydroxylation is 1. The monoisotopic (exact) mass is 527 g/mol. The second kappa shape index (κ2) is 12.1. The highest BCUT2D eigenvalue weighted by molar-refractivity contribution is 7.92. The van der Waals surface area contributed by atoms with Crippen LogP contribution in [0.4, 0.5) is 5.69 Å². The van der Waals surface area contributed by atoms with E-state index in [1.165, 1.54) is 46.8 Å². The molecule has 196 valence electrons. The average Bonchev–Trinajstić information content (AvgIpc) is 2.91. The number of hydrogen-bond acceptors (Lipinski definition) is 8. The van der Waals surface area contributed by atoms with Crippen molar-refractivity contribution in [3.63, 3.8) is 0 Å². The Labute approximate surface area is 216 Å². The third kappa shape index (κ3) is 6.31. The molecule has 0 unspecified atom stereocenters. The number of methoxy groups -OCH3 is 4. The van der Waals surface area contributed by atoms with Crippen molar-refractivity contribution < 1.29 is 32.2 Å². The number of hydrogen-bond donors (Lipinski definition) is 1. The molecule has 0 radical (unpaired) electrons. The van der Waals surface area contributed by atoms with Crippen molar-refractivity contribution in [2.75, 3.05) is 39.3 Å². The molecule has 11 heteroatoms.